The summed E-state index contributed by atoms with van der Waals surface area (Å²) in [6, 6.07) is 10.2. The number of hydrogen-bond donors (Lipinski definition) is 1. The SMILES string of the molecule is CCOc1cc(C=CC(=O)NCc2ccc([N+](=O)[O-])cc2)ccc1OC(F)F. The lowest BCUT2D eigenvalue weighted by Crippen LogP contribution is -2.20. The summed E-state index contributed by atoms with van der Waals surface area (Å²) in [5, 5.41) is 13.3. The number of non-ortho nitro benzene ring substituents is 1. The van der Waals surface area contributed by atoms with E-state index in [-0.39, 0.29) is 36.2 Å². The Morgan fingerprint density at radius 2 is 1.93 bits per heavy atom. The maximum atomic E-state index is 12.4. The largest absolute Gasteiger partial charge is 0.490 e. The van der Waals surface area contributed by atoms with Crippen molar-refractivity contribution in [2.45, 2.75) is 20.1 Å². The Morgan fingerprint density at radius 1 is 1.21 bits per heavy atom. The minimum atomic E-state index is -2.97. The number of nitrogens with zero attached hydrogens (tertiary/aromatic N) is 1. The molecule has 0 aliphatic heterocycles. The molecule has 0 fully saturated rings. The van der Waals surface area contributed by atoms with Gasteiger partial charge in [-0.25, -0.2) is 0 Å². The van der Waals surface area contributed by atoms with Crippen LogP contribution in [0.25, 0.3) is 6.08 Å². The van der Waals surface area contributed by atoms with Gasteiger partial charge >= 0.3 is 6.61 Å². The molecule has 0 spiro atoms. The smallest absolute Gasteiger partial charge is 0.387 e. The molecule has 7 nitrogen and oxygen atoms in total. The van der Waals surface area contributed by atoms with Gasteiger partial charge in [-0.3, -0.25) is 14.9 Å². The first kappa shape index (κ1) is 20.8. The van der Waals surface area contributed by atoms with Crippen molar-refractivity contribution >= 4 is 17.7 Å². The number of nitro benzene ring substituents is 1. The van der Waals surface area contributed by atoms with Gasteiger partial charge in [0.25, 0.3) is 5.69 Å². The molecule has 1 N–H and O–H groups in total. The molecule has 0 saturated heterocycles. The van der Waals surface area contributed by atoms with Crippen LogP contribution in [-0.2, 0) is 11.3 Å². The molecule has 0 saturated carbocycles. The number of halogens is 2. The molecule has 0 radical (unpaired) electrons. The molecular weight excluding hydrogens is 374 g/mol. The predicted octanol–water partition coefficient (Wildman–Crippen LogP) is 3.92. The second-order valence-electron chi connectivity index (χ2n) is 5.49. The van der Waals surface area contributed by atoms with Crippen LogP contribution in [0.5, 0.6) is 11.5 Å². The topological polar surface area (TPSA) is 90.7 Å². The highest BCUT2D eigenvalue weighted by Gasteiger charge is 2.11. The van der Waals surface area contributed by atoms with E-state index < -0.39 is 11.5 Å². The van der Waals surface area contributed by atoms with E-state index in [9.17, 15) is 23.7 Å². The molecule has 0 unspecified atom stereocenters. The molecule has 0 heterocycles. The third-order valence-corrected chi connectivity index (χ3v) is 3.52. The molecule has 0 aliphatic rings. The van der Waals surface area contributed by atoms with Crippen molar-refractivity contribution in [2.24, 2.45) is 0 Å². The average molecular weight is 392 g/mol. The van der Waals surface area contributed by atoms with E-state index >= 15 is 0 Å². The number of rotatable bonds is 9. The van der Waals surface area contributed by atoms with Gasteiger partial charge in [0.2, 0.25) is 5.91 Å². The number of nitro groups is 1. The van der Waals surface area contributed by atoms with Gasteiger partial charge in [0.1, 0.15) is 0 Å². The van der Waals surface area contributed by atoms with Crippen LogP contribution < -0.4 is 14.8 Å². The highest BCUT2D eigenvalue weighted by Crippen LogP contribution is 2.30. The van der Waals surface area contributed by atoms with Gasteiger partial charge < -0.3 is 14.8 Å². The van der Waals surface area contributed by atoms with E-state index in [4.69, 9.17) is 4.74 Å². The summed E-state index contributed by atoms with van der Waals surface area (Å²) in [6.45, 7) is -0.791. The van der Waals surface area contributed by atoms with Gasteiger partial charge in [-0.05, 0) is 36.3 Å². The standard InChI is InChI=1S/C19H18F2N2O5/c1-2-27-17-11-13(5-9-16(17)28-19(20)21)6-10-18(24)22-12-14-3-7-15(8-4-14)23(25)26/h3-11,19H,2,12H2,1H3,(H,22,24). The fraction of sp³-hybridized carbons (Fsp3) is 0.211. The Hall–Kier alpha value is -3.49. The summed E-state index contributed by atoms with van der Waals surface area (Å²) >= 11 is 0. The second-order valence-corrected chi connectivity index (χ2v) is 5.49. The number of hydrogen-bond acceptors (Lipinski definition) is 5. The Bertz CT molecular complexity index is 854. The van der Waals surface area contributed by atoms with Crippen LogP contribution in [0.3, 0.4) is 0 Å². The summed E-state index contributed by atoms with van der Waals surface area (Å²) in [7, 11) is 0. The van der Waals surface area contributed by atoms with Crippen molar-refractivity contribution in [1.82, 2.24) is 5.32 Å². The zero-order valence-corrected chi connectivity index (χ0v) is 14.9. The maximum Gasteiger partial charge on any atom is 0.387 e. The molecule has 1 amide bonds. The van der Waals surface area contributed by atoms with Gasteiger partial charge in [-0.15, -0.1) is 0 Å². The normalized spacial score (nSPS) is 10.9. The van der Waals surface area contributed by atoms with Crippen molar-refractivity contribution in [2.75, 3.05) is 6.61 Å². The zero-order valence-electron chi connectivity index (χ0n) is 14.9. The van der Waals surface area contributed by atoms with Crippen LogP contribution in [0.15, 0.2) is 48.5 Å². The van der Waals surface area contributed by atoms with E-state index in [1.807, 2.05) is 0 Å². The summed E-state index contributed by atoms with van der Waals surface area (Å²) in [6.07, 6.45) is 2.78. The van der Waals surface area contributed by atoms with Crippen LogP contribution in [-0.4, -0.2) is 24.0 Å². The first-order chi connectivity index (χ1) is 13.4. The van der Waals surface area contributed by atoms with Crippen molar-refractivity contribution in [3.05, 3.63) is 69.8 Å². The third-order valence-electron chi connectivity index (χ3n) is 3.52. The molecule has 2 aromatic rings. The fourth-order valence-electron chi connectivity index (χ4n) is 2.25. The second kappa shape index (κ2) is 10.0. The number of carbonyl (C=O) groups excluding carboxylic acids is 1. The van der Waals surface area contributed by atoms with Gasteiger partial charge in [0, 0.05) is 24.8 Å². The molecular formula is C19H18F2N2O5. The molecule has 28 heavy (non-hydrogen) atoms. The fourth-order valence-corrected chi connectivity index (χ4v) is 2.25. The van der Waals surface area contributed by atoms with E-state index in [0.717, 1.165) is 0 Å². The molecule has 148 valence electrons. The molecule has 2 rings (SSSR count). The lowest BCUT2D eigenvalue weighted by atomic mass is 10.2. The van der Waals surface area contributed by atoms with Crippen molar-refractivity contribution in [1.29, 1.82) is 0 Å². The molecule has 0 atom stereocenters. The molecule has 2 aromatic carbocycles. The average Bonchev–Trinajstić information content (AvgIpc) is 2.66. The maximum absolute atomic E-state index is 12.4. The zero-order chi connectivity index (χ0) is 20.5. The van der Waals surface area contributed by atoms with Crippen LogP contribution in [0.4, 0.5) is 14.5 Å². The lowest BCUT2D eigenvalue weighted by Gasteiger charge is -2.11. The van der Waals surface area contributed by atoms with Gasteiger partial charge in [-0.1, -0.05) is 18.2 Å². The highest BCUT2D eigenvalue weighted by molar-refractivity contribution is 5.91. The summed E-state index contributed by atoms with van der Waals surface area (Å²) in [5.74, 6) is -0.322. The van der Waals surface area contributed by atoms with E-state index in [2.05, 4.69) is 10.1 Å². The van der Waals surface area contributed by atoms with Crippen molar-refractivity contribution in [3.8, 4) is 11.5 Å². The van der Waals surface area contributed by atoms with Crippen molar-refractivity contribution in [3.63, 3.8) is 0 Å². The number of ether oxygens (including phenoxy) is 2. The minimum absolute atomic E-state index is 0.0284. The lowest BCUT2D eigenvalue weighted by molar-refractivity contribution is -0.384. The van der Waals surface area contributed by atoms with Crippen LogP contribution >= 0.6 is 0 Å². The summed E-state index contributed by atoms with van der Waals surface area (Å²) < 4.78 is 34.5. The van der Waals surface area contributed by atoms with Crippen LogP contribution in [0, 0.1) is 10.1 Å². The third kappa shape index (κ3) is 6.35. The van der Waals surface area contributed by atoms with Crippen LogP contribution in [0.2, 0.25) is 0 Å². The Labute approximate surface area is 159 Å². The first-order valence-corrected chi connectivity index (χ1v) is 8.30. The van der Waals surface area contributed by atoms with Gasteiger partial charge in [0.05, 0.1) is 11.5 Å². The predicted molar refractivity (Wildman–Crippen MR) is 98.2 cm³/mol. The minimum Gasteiger partial charge on any atom is -0.490 e. The highest BCUT2D eigenvalue weighted by atomic mass is 19.3. The van der Waals surface area contributed by atoms with E-state index in [1.165, 1.54) is 42.5 Å². The molecule has 0 aromatic heterocycles. The first-order valence-electron chi connectivity index (χ1n) is 8.30. The van der Waals surface area contributed by atoms with Crippen LogP contribution in [0.1, 0.15) is 18.1 Å². The quantitative estimate of drug-likeness (QED) is 0.397. The summed E-state index contributed by atoms with van der Waals surface area (Å²) in [5.41, 5.74) is 1.24. The molecule has 9 heteroatoms. The van der Waals surface area contributed by atoms with Gasteiger partial charge in [-0.2, -0.15) is 8.78 Å². The number of benzene rings is 2. The van der Waals surface area contributed by atoms with Crippen molar-refractivity contribution < 1.29 is 28.0 Å². The Morgan fingerprint density at radius 3 is 2.54 bits per heavy atom. The number of amides is 1. The Kier molecular flexibility index (Phi) is 7.44. The monoisotopic (exact) mass is 392 g/mol. The number of carbonyl (C=O) groups is 1. The van der Waals surface area contributed by atoms with Gasteiger partial charge in [0.15, 0.2) is 11.5 Å². The number of nitrogens with one attached hydrogen (secondary N) is 1. The van der Waals surface area contributed by atoms with E-state index in [1.54, 1.807) is 19.1 Å². The Balaban J connectivity index is 1.97. The molecule has 0 bridgehead atoms. The summed E-state index contributed by atoms with van der Waals surface area (Å²) in [4.78, 5) is 22.0. The van der Waals surface area contributed by atoms with E-state index in [0.29, 0.717) is 11.1 Å². The number of alkyl halides is 2. The molecule has 0 aliphatic carbocycles.